The van der Waals surface area contributed by atoms with Gasteiger partial charge in [0.1, 0.15) is 0 Å². The number of ether oxygens (including phenoxy) is 1. The molecule has 2 aliphatic heterocycles. The van der Waals surface area contributed by atoms with E-state index in [1.54, 1.807) is 0 Å². The van der Waals surface area contributed by atoms with Gasteiger partial charge in [0.15, 0.2) is 14.0 Å². The molecular formula is C28H43NO3Si. The summed E-state index contributed by atoms with van der Waals surface area (Å²) in [5.74, 6) is 0.614. The van der Waals surface area contributed by atoms with E-state index in [1.165, 1.54) is 24.0 Å². The molecular weight excluding hydrogens is 426 g/mol. The van der Waals surface area contributed by atoms with Crippen molar-refractivity contribution in [2.75, 3.05) is 13.2 Å². The Labute approximate surface area is 201 Å². The fourth-order valence-corrected chi connectivity index (χ4v) is 6.78. The Kier molecular flexibility index (Phi) is 7.23. The Hall–Kier alpha value is -1.43. The molecule has 1 amide bonds. The van der Waals surface area contributed by atoms with Gasteiger partial charge in [-0.05, 0) is 62.2 Å². The van der Waals surface area contributed by atoms with Crippen molar-refractivity contribution < 1.29 is 14.0 Å². The Balaban J connectivity index is 1.35. The van der Waals surface area contributed by atoms with Gasteiger partial charge in [0.05, 0.1) is 12.6 Å². The summed E-state index contributed by atoms with van der Waals surface area (Å²) in [4.78, 5) is 15.3. The Morgan fingerprint density at radius 3 is 2.64 bits per heavy atom. The fourth-order valence-electron chi connectivity index (χ4n) is 5.70. The standard InChI is InChI=1S/C28H43NO3Si/c1-27(2,3)33(4,5)32-20-11-7-10-13-22-16-12-19-28-24(22)17-18-26(30)29(28)25(21-31-28)23-14-8-6-9-15-23/h6,8-9,14-16,24-25H,7,10-13,17-21H2,1-5H3/t24-,25+,28-/m1/s1. The highest BCUT2D eigenvalue weighted by molar-refractivity contribution is 6.74. The summed E-state index contributed by atoms with van der Waals surface area (Å²) in [6.45, 7) is 13.1. The van der Waals surface area contributed by atoms with Crippen molar-refractivity contribution in [1.29, 1.82) is 0 Å². The molecule has 33 heavy (non-hydrogen) atoms. The predicted molar refractivity (Wildman–Crippen MR) is 136 cm³/mol. The quantitative estimate of drug-likeness (QED) is 0.234. The SMILES string of the molecule is CC(C)(C)[Si](C)(C)OCCCCCC1=CCC[C@]23OC[C@@H](c4ccccc4)N2C(=O)CC[C@H]13. The second kappa shape index (κ2) is 9.67. The number of carbonyl (C=O) groups excluding carboxylic acids is 1. The number of unbranched alkanes of at least 4 members (excludes halogenated alkanes) is 2. The molecule has 0 bridgehead atoms. The first-order chi connectivity index (χ1) is 15.7. The maximum absolute atomic E-state index is 13.1. The topological polar surface area (TPSA) is 38.8 Å². The third-order valence-electron chi connectivity index (χ3n) is 8.59. The molecule has 2 saturated heterocycles. The summed E-state index contributed by atoms with van der Waals surface area (Å²) >= 11 is 0. The number of hydrogen-bond donors (Lipinski definition) is 0. The second-order valence-corrected chi connectivity index (χ2v) is 16.5. The van der Waals surface area contributed by atoms with Crippen LogP contribution in [0.15, 0.2) is 42.0 Å². The molecule has 2 fully saturated rings. The lowest BCUT2D eigenvalue weighted by Crippen LogP contribution is -2.58. The van der Waals surface area contributed by atoms with Crippen molar-refractivity contribution in [3.8, 4) is 0 Å². The minimum atomic E-state index is -1.64. The molecule has 4 rings (SSSR count). The predicted octanol–water partition coefficient (Wildman–Crippen LogP) is 7.00. The van der Waals surface area contributed by atoms with Gasteiger partial charge in [-0.3, -0.25) is 4.79 Å². The molecule has 4 nitrogen and oxygen atoms in total. The van der Waals surface area contributed by atoms with Crippen molar-refractivity contribution in [2.45, 2.75) is 102 Å². The number of carbonyl (C=O) groups is 1. The number of rotatable bonds is 8. The summed E-state index contributed by atoms with van der Waals surface area (Å²) in [6, 6.07) is 10.5. The Morgan fingerprint density at radius 2 is 1.91 bits per heavy atom. The smallest absolute Gasteiger partial charge is 0.225 e. The van der Waals surface area contributed by atoms with E-state index in [9.17, 15) is 4.79 Å². The fraction of sp³-hybridized carbons (Fsp3) is 0.679. The van der Waals surface area contributed by atoms with E-state index in [2.05, 4.69) is 69.1 Å². The molecule has 3 aliphatic rings. The minimum absolute atomic E-state index is 0.0494. The van der Waals surface area contributed by atoms with Crippen molar-refractivity contribution in [3.63, 3.8) is 0 Å². The molecule has 2 heterocycles. The van der Waals surface area contributed by atoms with E-state index in [-0.39, 0.29) is 17.0 Å². The minimum Gasteiger partial charge on any atom is -0.417 e. The van der Waals surface area contributed by atoms with Gasteiger partial charge in [-0.25, -0.2) is 0 Å². The van der Waals surface area contributed by atoms with E-state index in [0.717, 1.165) is 38.7 Å². The van der Waals surface area contributed by atoms with Crippen molar-refractivity contribution in [3.05, 3.63) is 47.5 Å². The lowest BCUT2D eigenvalue weighted by atomic mass is 9.72. The summed E-state index contributed by atoms with van der Waals surface area (Å²) < 4.78 is 12.9. The van der Waals surface area contributed by atoms with Crippen LogP contribution in [0.2, 0.25) is 18.1 Å². The van der Waals surface area contributed by atoms with Crippen LogP contribution in [0.1, 0.15) is 83.7 Å². The molecule has 0 radical (unpaired) electrons. The molecule has 1 aliphatic carbocycles. The number of hydrogen-bond acceptors (Lipinski definition) is 3. The van der Waals surface area contributed by atoms with Crippen LogP contribution in [0.25, 0.3) is 0 Å². The highest BCUT2D eigenvalue weighted by Crippen LogP contribution is 2.53. The van der Waals surface area contributed by atoms with Crippen molar-refractivity contribution >= 4 is 14.2 Å². The van der Waals surface area contributed by atoms with Gasteiger partial charge in [-0.2, -0.15) is 0 Å². The first kappa shape index (κ1) is 24.7. The van der Waals surface area contributed by atoms with E-state index in [1.807, 2.05) is 6.07 Å². The number of amides is 1. The van der Waals surface area contributed by atoms with Crippen LogP contribution in [0, 0.1) is 5.92 Å². The largest absolute Gasteiger partial charge is 0.417 e. The second-order valence-electron chi connectivity index (χ2n) is 11.7. The summed E-state index contributed by atoms with van der Waals surface area (Å²) in [7, 11) is -1.64. The Morgan fingerprint density at radius 1 is 1.15 bits per heavy atom. The molecule has 3 atom stereocenters. The zero-order valence-electron chi connectivity index (χ0n) is 21.4. The van der Waals surface area contributed by atoms with Crippen LogP contribution < -0.4 is 0 Å². The maximum atomic E-state index is 13.1. The third-order valence-corrected chi connectivity index (χ3v) is 13.1. The average Bonchev–Trinajstić information content (AvgIpc) is 3.16. The van der Waals surface area contributed by atoms with Crippen LogP contribution in [0.3, 0.4) is 0 Å². The monoisotopic (exact) mass is 469 g/mol. The normalized spacial score (nSPS) is 27.8. The van der Waals surface area contributed by atoms with Crippen molar-refractivity contribution in [1.82, 2.24) is 4.90 Å². The van der Waals surface area contributed by atoms with Crippen molar-refractivity contribution in [2.24, 2.45) is 5.92 Å². The zero-order chi connectivity index (χ0) is 23.7. The van der Waals surface area contributed by atoms with E-state index in [4.69, 9.17) is 9.16 Å². The molecule has 0 N–H and O–H groups in total. The number of nitrogens with zero attached hydrogens (tertiary/aromatic N) is 1. The van der Waals surface area contributed by atoms with Crippen LogP contribution in [-0.4, -0.2) is 38.1 Å². The first-order valence-corrected chi connectivity index (χ1v) is 15.9. The lowest BCUT2D eigenvalue weighted by Gasteiger charge is -2.50. The van der Waals surface area contributed by atoms with Gasteiger partial charge in [-0.1, -0.05) is 69.2 Å². The molecule has 5 heteroatoms. The molecule has 0 unspecified atom stereocenters. The van der Waals surface area contributed by atoms with Gasteiger partial charge in [-0.15, -0.1) is 0 Å². The third kappa shape index (κ3) is 4.87. The van der Waals surface area contributed by atoms with E-state index in [0.29, 0.717) is 18.9 Å². The molecule has 182 valence electrons. The molecule has 1 aromatic carbocycles. The van der Waals surface area contributed by atoms with Gasteiger partial charge < -0.3 is 14.1 Å². The summed E-state index contributed by atoms with van der Waals surface area (Å²) in [6.07, 6.45) is 10.6. The number of piperidine rings is 1. The van der Waals surface area contributed by atoms with E-state index < -0.39 is 14.0 Å². The number of allylic oxidation sites excluding steroid dienone is 1. The number of benzene rings is 1. The van der Waals surface area contributed by atoms with Gasteiger partial charge in [0.25, 0.3) is 0 Å². The van der Waals surface area contributed by atoms with Crippen LogP contribution in [0.5, 0.6) is 0 Å². The highest BCUT2D eigenvalue weighted by Gasteiger charge is 2.58. The van der Waals surface area contributed by atoms with E-state index >= 15 is 0 Å². The maximum Gasteiger partial charge on any atom is 0.225 e. The first-order valence-electron chi connectivity index (χ1n) is 13.0. The average molecular weight is 470 g/mol. The van der Waals surface area contributed by atoms with Gasteiger partial charge in [0.2, 0.25) is 5.91 Å². The lowest BCUT2D eigenvalue weighted by molar-refractivity contribution is -0.175. The van der Waals surface area contributed by atoms with Crippen LogP contribution >= 0.6 is 0 Å². The summed E-state index contributed by atoms with van der Waals surface area (Å²) in [5.41, 5.74) is 2.30. The molecule has 1 spiro atoms. The van der Waals surface area contributed by atoms with Crippen LogP contribution in [-0.2, 0) is 14.0 Å². The van der Waals surface area contributed by atoms with Gasteiger partial charge in [0, 0.05) is 18.9 Å². The Bertz CT molecular complexity index is 860. The summed E-state index contributed by atoms with van der Waals surface area (Å²) in [5, 5.41) is 0.275. The molecule has 1 aromatic rings. The highest BCUT2D eigenvalue weighted by atomic mass is 28.4. The molecule has 0 aromatic heterocycles. The molecule has 0 saturated carbocycles. The zero-order valence-corrected chi connectivity index (χ0v) is 22.4. The van der Waals surface area contributed by atoms with Gasteiger partial charge >= 0.3 is 0 Å². The van der Waals surface area contributed by atoms with Crippen LogP contribution in [0.4, 0.5) is 0 Å².